The Morgan fingerprint density at radius 3 is 2.49 bits per heavy atom. The molecule has 0 aromatic heterocycles. The van der Waals surface area contributed by atoms with E-state index in [2.05, 4.69) is 26.8 Å². The Labute approximate surface area is 250 Å². The number of fused-ring (bicyclic) bond motifs is 5. The number of hydrogen-bond acceptors (Lipinski definition) is 6. The molecule has 41 heavy (non-hydrogen) atoms. The van der Waals surface area contributed by atoms with Gasteiger partial charge in [-0.3, -0.25) is 4.79 Å². The Morgan fingerprint density at radius 1 is 1.02 bits per heavy atom. The molecule has 236 valence electrons. The maximum absolute atomic E-state index is 12.5. The van der Waals surface area contributed by atoms with Gasteiger partial charge in [-0.25, -0.2) is 0 Å². The summed E-state index contributed by atoms with van der Waals surface area (Å²) in [6.45, 7) is 14.0. The molecule has 0 aromatic rings. The summed E-state index contributed by atoms with van der Waals surface area (Å²) in [7, 11) is 1.65. The molecule has 0 radical (unpaired) electrons. The average Bonchev–Trinajstić information content (AvgIpc) is 3.27. The molecule has 6 heteroatoms. The highest BCUT2D eigenvalue weighted by Gasteiger charge is 2.59. The van der Waals surface area contributed by atoms with Crippen molar-refractivity contribution in [3.63, 3.8) is 0 Å². The lowest BCUT2D eigenvalue weighted by Gasteiger charge is -2.58. The molecule has 1 N–H and O–H groups in total. The minimum absolute atomic E-state index is 0.00483. The zero-order chi connectivity index (χ0) is 29.7. The number of hydrogen-bond donors (Lipinski definition) is 1. The molecule has 0 amide bonds. The van der Waals surface area contributed by atoms with Gasteiger partial charge in [0, 0.05) is 13.5 Å². The molecule has 6 nitrogen and oxygen atoms in total. The van der Waals surface area contributed by atoms with Crippen molar-refractivity contribution in [1.82, 2.24) is 0 Å². The van der Waals surface area contributed by atoms with E-state index in [4.69, 9.17) is 18.9 Å². The van der Waals surface area contributed by atoms with Crippen LogP contribution in [0.5, 0.6) is 0 Å². The van der Waals surface area contributed by atoms with Crippen LogP contribution >= 0.6 is 0 Å². The van der Waals surface area contributed by atoms with Crippen LogP contribution in [0.3, 0.4) is 0 Å². The first-order chi connectivity index (χ1) is 19.5. The topological polar surface area (TPSA) is 74.2 Å². The monoisotopic (exact) mass is 576 g/mol. The number of rotatable bonds is 15. The average molecular weight is 577 g/mol. The predicted octanol–water partition coefficient (Wildman–Crippen LogP) is 7.12. The standard InChI is InChI=1S/C35H60O6/c1-25(8-7-16-33(2,3)37)29-11-12-30-28-10-9-26-24-27(13-17-34(26,4)31(28)14-18-35(29,30)5)41-32(36)15-19-39-22-23-40-21-20-38-6/h9,25,27-31,37H,7-8,10-24H2,1-6H3/t25-,27+,28+,29-,30+,31+,34+,35-/m1/s1. The molecule has 4 aliphatic carbocycles. The van der Waals surface area contributed by atoms with Crippen molar-refractivity contribution in [2.75, 3.05) is 40.1 Å². The van der Waals surface area contributed by atoms with Crippen molar-refractivity contribution in [2.45, 2.75) is 123 Å². The summed E-state index contributed by atoms with van der Waals surface area (Å²) in [4.78, 5) is 12.5. The number of esters is 1. The van der Waals surface area contributed by atoms with E-state index in [-0.39, 0.29) is 17.5 Å². The van der Waals surface area contributed by atoms with Crippen LogP contribution in [0, 0.1) is 40.4 Å². The van der Waals surface area contributed by atoms with Crippen molar-refractivity contribution < 1.29 is 28.8 Å². The Morgan fingerprint density at radius 2 is 1.76 bits per heavy atom. The van der Waals surface area contributed by atoms with Gasteiger partial charge in [-0.05, 0) is 106 Å². The normalized spacial score (nSPS) is 35.7. The lowest BCUT2D eigenvalue weighted by Crippen LogP contribution is -2.51. The maximum Gasteiger partial charge on any atom is 0.308 e. The number of ether oxygens (including phenoxy) is 4. The summed E-state index contributed by atoms with van der Waals surface area (Å²) in [6, 6.07) is 0. The van der Waals surface area contributed by atoms with Gasteiger partial charge in [0.05, 0.1) is 45.1 Å². The number of carbonyl (C=O) groups excluding carboxylic acids is 1. The van der Waals surface area contributed by atoms with Gasteiger partial charge in [0.2, 0.25) is 0 Å². The minimum atomic E-state index is -0.549. The Balaban J connectivity index is 1.26. The smallest absolute Gasteiger partial charge is 0.308 e. The van der Waals surface area contributed by atoms with E-state index >= 15 is 0 Å². The fourth-order valence-electron chi connectivity index (χ4n) is 9.63. The third-order valence-corrected chi connectivity index (χ3v) is 11.8. The second-order valence-corrected chi connectivity index (χ2v) is 15.0. The number of carbonyl (C=O) groups is 1. The van der Waals surface area contributed by atoms with Crippen LogP contribution in [0.25, 0.3) is 0 Å². The molecule has 4 aliphatic rings. The van der Waals surface area contributed by atoms with Gasteiger partial charge in [0.15, 0.2) is 0 Å². The fourth-order valence-corrected chi connectivity index (χ4v) is 9.63. The Kier molecular flexibility index (Phi) is 11.4. The zero-order valence-electron chi connectivity index (χ0n) is 27.1. The molecule has 0 spiro atoms. The summed E-state index contributed by atoms with van der Waals surface area (Å²) in [5.74, 6) is 3.80. The maximum atomic E-state index is 12.5. The van der Waals surface area contributed by atoms with Crippen molar-refractivity contribution in [3.05, 3.63) is 11.6 Å². The largest absolute Gasteiger partial charge is 0.462 e. The first kappa shape index (κ1) is 33.0. The third kappa shape index (κ3) is 7.96. The molecular weight excluding hydrogens is 516 g/mol. The van der Waals surface area contributed by atoms with Crippen molar-refractivity contribution >= 4 is 5.97 Å². The van der Waals surface area contributed by atoms with E-state index < -0.39 is 5.60 Å². The van der Waals surface area contributed by atoms with Gasteiger partial charge in [-0.2, -0.15) is 0 Å². The summed E-state index contributed by atoms with van der Waals surface area (Å²) in [5.41, 5.74) is 1.73. The highest BCUT2D eigenvalue weighted by Crippen LogP contribution is 2.67. The SMILES string of the molecule is COCCOCCOCCC(=O)O[C@H]1CC[C@@]2(C)C(=CC[C@H]3[C@@H]4CC[C@H]([C@H](C)CCCC(C)(C)O)[C@@]4(C)CC[C@@H]32)C1. The summed E-state index contributed by atoms with van der Waals surface area (Å²) >= 11 is 0. The third-order valence-electron chi connectivity index (χ3n) is 11.8. The number of aliphatic hydroxyl groups is 1. The second-order valence-electron chi connectivity index (χ2n) is 15.0. The van der Waals surface area contributed by atoms with Crippen molar-refractivity contribution in [1.29, 1.82) is 0 Å². The Bertz CT molecular complexity index is 878. The molecule has 0 aromatic carbocycles. The van der Waals surface area contributed by atoms with E-state index in [1.165, 1.54) is 38.5 Å². The van der Waals surface area contributed by atoms with E-state index in [0.29, 0.717) is 44.9 Å². The number of allylic oxidation sites excluding steroid dienone is 1. The highest BCUT2D eigenvalue weighted by atomic mass is 16.6. The highest BCUT2D eigenvalue weighted by molar-refractivity contribution is 5.69. The summed E-state index contributed by atoms with van der Waals surface area (Å²) < 4.78 is 21.8. The first-order valence-corrected chi connectivity index (χ1v) is 16.7. The van der Waals surface area contributed by atoms with E-state index in [9.17, 15) is 9.90 Å². The molecule has 0 bridgehead atoms. The van der Waals surface area contributed by atoms with Gasteiger partial charge in [0.1, 0.15) is 6.10 Å². The van der Waals surface area contributed by atoms with Crippen LogP contribution in [0.2, 0.25) is 0 Å². The first-order valence-electron chi connectivity index (χ1n) is 16.7. The van der Waals surface area contributed by atoms with Gasteiger partial charge in [-0.1, -0.05) is 45.3 Å². The molecule has 4 rings (SSSR count). The van der Waals surface area contributed by atoms with Gasteiger partial charge in [-0.15, -0.1) is 0 Å². The van der Waals surface area contributed by atoms with Crippen LogP contribution in [0.4, 0.5) is 0 Å². The molecule has 0 unspecified atom stereocenters. The van der Waals surface area contributed by atoms with Gasteiger partial charge >= 0.3 is 5.97 Å². The molecule has 3 saturated carbocycles. The predicted molar refractivity (Wildman–Crippen MR) is 163 cm³/mol. The molecule has 8 atom stereocenters. The van der Waals surface area contributed by atoms with E-state index in [0.717, 1.165) is 61.7 Å². The Hall–Kier alpha value is -0.950. The number of methoxy groups -OCH3 is 1. The molecule has 3 fully saturated rings. The van der Waals surface area contributed by atoms with Crippen LogP contribution in [0.15, 0.2) is 11.6 Å². The summed E-state index contributed by atoms with van der Waals surface area (Å²) in [6.07, 6.45) is 15.8. The zero-order valence-corrected chi connectivity index (χ0v) is 27.1. The molecular formula is C35H60O6. The van der Waals surface area contributed by atoms with Gasteiger partial charge in [0.25, 0.3) is 0 Å². The van der Waals surface area contributed by atoms with Crippen LogP contribution < -0.4 is 0 Å². The minimum Gasteiger partial charge on any atom is -0.462 e. The lowest BCUT2D eigenvalue weighted by atomic mass is 9.47. The van der Waals surface area contributed by atoms with Crippen LogP contribution in [0.1, 0.15) is 112 Å². The fraction of sp³-hybridized carbons (Fsp3) is 0.914. The van der Waals surface area contributed by atoms with E-state index in [1.807, 2.05) is 13.8 Å². The van der Waals surface area contributed by atoms with Gasteiger partial charge < -0.3 is 24.1 Å². The summed E-state index contributed by atoms with van der Waals surface area (Å²) in [5, 5.41) is 10.2. The quantitative estimate of drug-likeness (QED) is 0.127. The van der Waals surface area contributed by atoms with Crippen molar-refractivity contribution in [3.8, 4) is 0 Å². The molecule has 0 saturated heterocycles. The molecule has 0 aliphatic heterocycles. The van der Waals surface area contributed by atoms with E-state index in [1.54, 1.807) is 12.7 Å². The van der Waals surface area contributed by atoms with Crippen LogP contribution in [-0.2, 0) is 23.7 Å². The van der Waals surface area contributed by atoms with Crippen LogP contribution in [-0.4, -0.2) is 62.9 Å². The van der Waals surface area contributed by atoms with Crippen molar-refractivity contribution in [2.24, 2.45) is 40.4 Å². The lowest BCUT2D eigenvalue weighted by molar-refractivity contribution is -0.152. The second kappa shape index (κ2) is 14.2. The molecule has 0 heterocycles.